The van der Waals surface area contributed by atoms with Gasteiger partial charge in [-0.1, -0.05) is 29.8 Å². The zero-order chi connectivity index (χ0) is 23.4. The molecular weight excluding hydrogens is 422 g/mol. The number of amides is 1. The van der Waals surface area contributed by atoms with Crippen LogP contribution in [0.4, 0.5) is 34.1 Å². The maximum Gasteiger partial charge on any atom is 0.306 e. The normalized spacial score (nSPS) is 10.3. The van der Waals surface area contributed by atoms with Gasteiger partial charge < -0.3 is 10.6 Å². The SMILES string of the molecule is Cc1ccc(NC(=O)c2ccccc2Nc2c([N+](=O)[O-])cc([N+](=O)[O-])cc2[N+](=O)[O-])cc1. The van der Waals surface area contributed by atoms with Crippen LogP contribution >= 0.6 is 0 Å². The van der Waals surface area contributed by atoms with E-state index in [1.54, 1.807) is 30.3 Å². The molecule has 12 nitrogen and oxygen atoms in total. The Morgan fingerprint density at radius 3 is 1.91 bits per heavy atom. The van der Waals surface area contributed by atoms with Crippen molar-refractivity contribution < 1.29 is 19.6 Å². The van der Waals surface area contributed by atoms with Gasteiger partial charge in [-0.25, -0.2) is 0 Å². The monoisotopic (exact) mass is 437 g/mol. The summed E-state index contributed by atoms with van der Waals surface area (Å²) in [7, 11) is 0. The number of carbonyl (C=O) groups excluding carboxylic acids is 1. The topological polar surface area (TPSA) is 171 Å². The van der Waals surface area contributed by atoms with Crippen molar-refractivity contribution in [3.05, 3.63) is 102 Å². The van der Waals surface area contributed by atoms with Crippen molar-refractivity contribution in [1.29, 1.82) is 0 Å². The Labute approximate surface area is 179 Å². The fourth-order valence-corrected chi connectivity index (χ4v) is 2.88. The third kappa shape index (κ3) is 4.64. The first-order chi connectivity index (χ1) is 15.2. The third-order valence-corrected chi connectivity index (χ3v) is 4.43. The summed E-state index contributed by atoms with van der Waals surface area (Å²) in [5.74, 6) is -0.566. The summed E-state index contributed by atoms with van der Waals surface area (Å²) in [5, 5.41) is 39.2. The molecule has 3 aromatic rings. The van der Waals surface area contributed by atoms with Crippen molar-refractivity contribution in [2.75, 3.05) is 10.6 Å². The molecule has 0 saturated heterocycles. The molecule has 162 valence electrons. The zero-order valence-electron chi connectivity index (χ0n) is 16.5. The maximum absolute atomic E-state index is 12.8. The van der Waals surface area contributed by atoms with Gasteiger partial charge in [0.05, 0.1) is 38.2 Å². The second-order valence-electron chi connectivity index (χ2n) is 6.62. The van der Waals surface area contributed by atoms with E-state index in [0.29, 0.717) is 17.8 Å². The van der Waals surface area contributed by atoms with E-state index < -0.39 is 43.4 Å². The summed E-state index contributed by atoms with van der Waals surface area (Å²) in [6, 6.07) is 14.1. The van der Waals surface area contributed by atoms with Gasteiger partial charge >= 0.3 is 11.4 Å². The number of aryl methyl sites for hydroxylation is 1. The fraction of sp³-hybridized carbons (Fsp3) is 0.0500. The minimum atomic E-state index is -0.975. The van der Waals surface area contributed by atoms with E-state index in [9.17, 15) is 35.1 Å². The van der Waals surface area contributed by atoms with Gasteiger partial charge in [-0.3, -0.25) is 35.1 Å². The van der Waals surface area contributed by atoms with Gasteiger partial charge in [0.15, 0.2) is 5.69 Å². The molecule has 0 atom stereocenters. The van der Waals surface area contributed by atoms with Crippen molar-refractivity contribution >= 4 is 40.0 Å². The lowest BCUT2D eigenvalue weighted by Gasteiger charge is -2.13. The Hall–Kier alpha value is -4.87. The second-order valence-corrected chi connectivity index (χ2v) is 6.62. The van der Waals surface area contributed by atoms with Crippen LogP contribution in [0.25, 0.3) is 0 Å². The second kappa shape index (κ2) is 8.87. The molecule has 12 heteroatoms. The molecular formula is C20H15N5O7. The highest BCUT2D eigenvalue weighted by Crippen LogP contribution is 2.40. The summed E-state index contributed by atoms with van der Waals surface area (Å²) in [6.07, 6.45) is 0. The Kier molecular flexibility index (Phi) is 6.05. The molecule has 0 aliphatic carbocycles. The summed E-state index contributed by atoms with van der Waals surface area (Å²) in [4.78, 5) is 43.9. The number of para-hydroxylation sites is 1. The highest BCUT2D eigenvalue weighted by molar-refractivity contribution is 6.08. The van der Waals surface area contributed by atoms with Gasteiger partial charge in [-0.2, -0.15) is 0 Å². The number of benzene rings is 3. The minimum absolute atomic E-state index is 0.0390. The van der Waals surface area contributed by atoms with Crippen LogP contribution in [-0.2, 0) is 0 Å². The molecule has 0 heterocycles. The molecule has 0 fully saturated rings. The number of hydrogen-bond acceptors (Lipinski definition) is 8. The highest BCUT2D eigenvalue weighted by atomic mass is 16.6. The number of nitro benzene ring substituents is 3. The molecule has 3 rings (SSSR count). The third-order valence-electron chi connectivity index (χ3n) is 4.43. The lowest BCUT2D eigenvalue weighted by Crippen LogP contribution is -2.14. The van der Waals surface area contributed by atoms with Crippen molar-refractivity contribution in [2.24, 2.45) is 0 Å². The van der Waals surface area contributed by atoms with Crippen molar-refractivity contribution in [1.82, 2.24) is 0 Å². The van der Waals surface area contributed by atoms with Gasteiger partial charge in [0, 0.05) is 5.69 Å². The Morgan fingerprint density at radius 2 is 1.38 bits per heavy atom. The number of anilines is 3. The van der Waals surface area contributed by atoms with Gasteiger partial charge in [-0.15, -0.1) is 0 Å². The molecule has 0 spiro atoms. The standard InChI is InChI=1S/C20H15N5O7/c1-12-6-8-13(9-7-12)21-20(26)15-4-2-3-5-16(15)22-19-17(24(29)30)10-14(23(27)28)11-18(19)25(31)32/h2-11,22H,1H3,(H,21,26). The number of nitrogens with zero attached hydrogens (tertiary/aromatic N) is 3. The molecule has 3 aromatic carbocycles. The lowest BCUT2D eigenvalue weighted by molar-refractivity contribution is -0.401. The average Bonchev–Trinajstić information content (AvgIpc) is 2.75. The molecule has 1 amide bonds. The van der Waals surface area contributed by atoms with Crippen LogP contribution in [0.1, 0.15) is 15.9 Å². The smallest absolute Gasteiger partial charge is 0.306 e. The van der Waals surface area contributed by atoms with Crippen molar-refractivity contribution in [3.63, 3.8) is 0 Å². The molecule has 0 aromatic heterocycles. The number of nitrogens with one attached hydrogen (secondary N) is 2. The molecule has 0 radical (unpaired) electrons. The van der Waals surface area contributed by atoms with Crippen LogP contribution in [0, 0.1) is 37.3 Å². The van der Waals surface area contributed by atoms with Crippen molar-refractivity contribution in [3.8, 4) is 0 Å². The zero-order valence-corrected chi connectivity index (χ0v) is 16.5. The molecule has 0 saturated carbocycles. The van der Waals surface area contributed by atoms with E-state index >= 15 is 0 Å². The van der Waals surface area contributed by atoms with Gasteiger partial charge in [-0.05, 0) is 31.2 Å². The van der Waals surface area contributed by atoms with Crippen LogP contribution in [0.3, 0.4) is 0 Å². The van der Waals surface area contributed by atoms with Gasteiger partial charge in [0.1, 0.15) is 0 Å². The largest absolute Gasteiger partial charge is 0.344 e. The quantitative estimate of drug-likeness (QED) is 0.395. The highest BCUT2D eigenvalue weighted by Gasteiger charge is 2.31. The van der Waals surface area contributed by atoms with Crippen molar-refractivity contribution in [2.45, 2.75) is 6.92 Å². The predicted molar refractivity (Wildman–Crippen MR) is 115 cm³/mol. The first-order valence-electron chi connectivity index (χ1n) is 9.02. The number of non-ortho nitro benzene ring substituents is 1. The Balaban J connectivity index is 2.05. The molecule has 0 aliphatic heterocycles. The molecule has 0 unspecified atom stereocenters. The van der Waals surface area contributed by atoms with Crippen LogP contribution in [0.15, 0.2) is 60.7 Å². The molecule has 32 heavy (non-hydrogen) atoms. The predicted octanol–water partition coefficient (Wildman–Crippen LogP) is 4.72. The van der Waals surface area contributed by atoms with E-state index in [4.69, 9.17) is 0 Å². The summed E-state index contributed by atoms with van der Waals surface area (Å²) >= 11 is 0. The number of hydrogen-bond donors (Lipinski definition) is 2. The average molecular weight is 437 g/mol. The lowest BCUT2D eigenvalue weighted by atomic mass is 10.1. The number of nitro groups is 3. The van der Waals surface area contributed by atoms with Crippen LogP contribution in [-0.4, -0.2) is 20.7 Å². The fourth-order valence-electron chi connectivity index (χ4n) is 2.88. The summed E-state index contributed by atoms with van der Waals surface area (Å²) in [6.45, 7) is 1.88. The van der Waals surface area contributed by atoms with Gasteiger partial charge in [0.2, 0.25) is 0 Å². The van der Waals surface area contributed by atoms with Crippen LogP contribution in [0.5, 0.6) is 0 Å². The van der Waals surface area contributed by atoms with Gasteiger partial charge in [0.25, 0.3) is 11.6 Å². The Bertz CT molecular complexity index is 1210. The number of carbonyl (C=O) groups is 1. The van der Waals surface area contributed by atoms with Crippen LogP contribution < -0.4 is 10.6 Å². The molecule has 0 bridgehead atoms. The first kappa shape index (κ1) is 21.8. The molecule has 0 aliphatic rings. The van der Waals surface area contributed by atoms with E-state index in [1.165, 1.54) is 18.2 Å². The van der Waals surface area contributed by atoms with E-state index in [1.807, 2.05) is 6.92 Å². The molecule has 2 N–H and O–H groups in total. The summed E-state index contributed by atoms with van der Waals surface area (Å²) < 4.78 is 0. The summed E-state index contributed by atoms with van der Waals surface area (Å²) in [5.41, 5.74) is -1.56. The van der Waals surface area contributed by atoms with E-state index in [-0.39, 0.29) is 11.3 Å². The van der Waals surface area contributed by atoms with E-state index in [0.717, 1.165) is 5.56 Å². The number of rotatable bonds is 7. The van der Waals surface area contributed by atoms with E-state index in [2.05, 4.69) is 10.6 Å². The van der Waals surface area contributed by atoms with Crippen LogP contribution in [0.2, 0.25) is 0 Å². The maximum atomic E-state index is 12.8. The first-order valence-corrected chi connectivity index (χ1v) is 9.02. The Morgan fingerprint density at radius 1 is 0.812 bits per heavy atom. The minimum Gasteiger partial charge on any atom is -0.344 e.